The molecule has 1 aromatic heterocycles. The normalized spacial score (nSPS) is 11.2. The summed E-state index contributed by atoms with van der Waals surface area (Å²) in [5, 5.41) is 10.1. The molecule has 3 nitrogen and oxygen atoms in total. The van der Waals surface area contributed by atoms with Crippen LogP contribution in [0.3, 0.4) is 0 Å². The van der Waals surface area contributed by atoms with Crippen LogP contribution >= 0.6 is 11.3 Å². The van der Waals surface area contributed by atoms with E-state index in [0.717, 1.165) is 16.6 Å². The number of carbonyl (C=O) groups is 1. The molecule has 2 aromatic rings. The van der Waals surface area contributed by atoms with Crippen molar-refractivity contribution in [1.29, 1.82) is 0 Å². The Morgan fingerprint density at radius 3 is 2.81 bits per heavy atom. The summed E-state index contributed by atoms with van der Waals surface area (Å²) in [6.07, 6.45) is 0. The van der Waals surface area contributed by atoms with Crippen molar-refractivity contribution in [3.05, 3.63) is 34.7 Å². The number of nitrogens with zero attached hydrogens (tertiary/aromatic N) is 1. The Hall–Kier alpha value is -1.39. The molecular weight excluding hydrogens is 222 g/mol. The fraction of sp³-hybridized carbons (Fsp3) is 0.250. The van der Waals surface area contributed by atoms with Crippen molar-refractivity contribution in [2.45, 2.75) is 6.54 Å². The van der Waals surface area contributed by atoms with E-state index < -0.39 is 5.97 Å². The standard InChI is InChI=1S/C12H13NO2S/c1-13(2)7-9-6-8-4-3-5-10(12(14)15)11(8)16-9/h3-6H,7H2,1-2H3,(H,14,15). The number of carboxylic acid groups (broad SMARTS) is 1. The van der Waals surface area contributed by atoms with Gasteiger partial charge in [0, 0.05) is 16.1 Å². The van der Waals surface area contributed by atoms with Gasteiger partial charge < -0.3 is 10.0 Å². The van der Waals surface area contributed by atoms with Gasteiger partial charge in [-0.3, -0.25) is 0 Å². The molecule has 0 saturated heterocycles. The fourth-order valence-corrected chi connectivity index (χ4v) is 2.96. The van der Waals surface area contributed by atoms with E-state index in [9.17, 15) is 4.79 Å². The van der Waals surface area contributed by atoms with Crippen LogP contribution in [-0.4, -0.2) is 30.1 Å². The summed E-state index contributed by atoms with van der Waals surface area (Å²) in [4.78, 5) is 14.3. The molecule has 0 saturated carbocycles. The lowest BCUT2D eigenvalue weighted by Crippen LogP contribution is -2.09. The lowest BCUT2D eigenvalue weighted by atomic mass is 10.1. The Bertz CT molecular complexity index is 531. The molecule has 0 aliphatic carbocycles. The number of carboxylic acids is 1. The minimum absolute atomic E-state index is 0.396. The first-order chi connectivity index (χ1) is 7.58. The number of fused-ring (bicyclic) bond motifs is 1. The maximum Gasteiger partial charge on any atom is 0.337 e. The van der Waals surface area contributed by atoms with Crippen LogP contribution in [0.15, 0.2) is 24.3 Å². The van der Waals surface area contributed by atoms with Gasteiger partial charge in [0.2, 0.25) is 0 Å². The predicted octanol–water partition coefficient (Wildman–Crippen LogP) is 2.66. The zero-order valence-corrected chi connectivity index (χ0v) is 10.0. The molecule has 4 heteroatoms. The van der Waals surface area contributed by atoms with Crippen LogP contribution in [0.4, 0.5) is 0 Å². The number of aromatic carboxylic acids is 1. The van der Waals surface area contributed by atoms with E-state index in [2.05, 4.69) is 11.0 Å². The largest absolute Gasteiger partial charge is 0.478 e. The lowest BCUT2D eigenvalue weighted by Gasteiger charge is -2.05. The predicted molar refractivity (Wildman–Crippen MR) is 66.2 cm³/mol. The molecule has 0 aliphatic heterocycles. The average molecular weight is 235 g/mol. The van der Waals surface area contributed by atoms with Crippen molar-refractivity contribution in [2.75, 3.05) is 14.1 Å². The van der Waals surface area contributed by atoms with E-state index >= 15 is 0 Å². The molecule has 0 fully saturated rings. The van der Waals surface area contributed by atoms with Crippen LogP contribution in [0.2, 0.25) is 0 Å². The second-order valence-electron chi connectivity index (χ2n) is 3.98. The van der Waals surface area contributed by atoms with Crippen LogP contribution < -0.4 is 0 Å². The van der Waals surface area contributed by atoms with Crippen LogP contribution in [0.1, 0.15) is 15.2 Å². The third kappa shape index (κ3) is 2.08. The van der Waals surface area contributed by atoms with Crippen molar-refractivity contribution < 1.29 is 9.90 Å². The maximum atomic E-state index is 11.0. The van der Waals surface area contributed by atoms with E-state index in [0.29, 0.717) is 5.56 Å². The molecule has 0 aliphatic rings. The zero-order chi connectivity index (χ0) is 11.7. The third-order valence-corrected chi connectivity index (χ3v) is 3.47. The highest BCUT2D eigenvalue weighted by atomic mass is 32.1. The van der Waals surface area contributed by atoms with E-state index in [1.54, 1.807) is 23.5 Å². The van der Waals surface area contributed by atoms with E-state index in [1.165, 1.54) is 4.88 Å². The van der Waals surface area contributed by atoms with Crippen LogP contribution in [0.5, 0.6) is 0 Å². The molecule has 16 heavy (non-hydrogen) atoms. The van der Waals surface area contributed by atoms with Gasteiger partial charge in [0.25, 0.3) is 0 Å². The Morgan fingerprint density at radius 1 is 1.44 bits per heavy atom. The minimum Gasteiger partial charge on any atom is -0.478 e. The molecular formula is C12H13NO2S. The van der Waals surface area contributed by atoms with Gasteiger partial charge in [-0.25, -0.2) is 4.79 Å². The number of thiophene rings is 1. The quantitative estimate of drug-likeness (QED) is 0.889. The zero-order valence-electron chi connectivity index (χ0n) is 9.23. The van der Waals surface area contributed by atoms with Crippen molar-refractivity contribution in [1.82, 2.24) is 4.90 Å². The minimum atomic E-state index is -0.858. The molecule has 0 atom stereocenters. The summed E-state index contributed by atoms with van der Waals surface area (Å²) in [6, 6.07) is 7.46. The van der Waals surface area contributed by atoms with Gasteiger partial charge in [0.1, 0.15) is 0 Å². The van der Waals surface area contributed by atoms with Crippen LogP contribution in [-0.2, 0) is 6.54 Å². The second kappa shape index (κ2) is 4.23. The van der Waals surface area contributed by atoms with Gasteiger partial charge >= 0.3 is 5.97 Å². The van der Waals surface area contributed by atoms with Crippen molar-refractivity contribution >= 4 is 27.4 Å². The molecule has 0 bridgehead atoms. The molecule has 0 amide bonds. The van der Waals surface area contributed by atoms with Gasteiger partial charge in [-0.2, -0.15) is 0 Å². The number of hydrogen-bond donors (Lipinski definition) is 1. The number of benzene rings is 1. The summed E-state index contributed by atoms with van der Waals surface area (Å²) >= 11 is 1.56. The molecule has 0 unspecified atom stereocenters. The van der Waals surface area contributed by atoms with Gasteiger partial charge in [-0.05, 0) is 31.6 Å². The van der Waals surface area contributed by atoms with Gasteiger partial charge in [-0.15, -0.1) is 11.3 Å². The van der Waals surface area contributed by atoms with E-state index in [4.69, 9.17) is 5.11 Å². The Labute approximate surface area is 97.9 Å². The van der Waals surface area contributed by atoms with Crippen molar-refractivity contribution in [2.24, 2.45) is 0 Å². The molecule has 2 rings (SSSR count). The molecule has 1 aromatic carbocycles. The summed E-state index contributed by atoms with van der Waals surface area (Å²) in [5.74, 6) is -0.858. The number of hydrogen-bond acceptors (Lipinski definition) is 3. The first-order valence-corrected chi connectivity index (χ1v) is 5.79. The first-order valence-electron chi connectivity index (χ1n) is 4.97. The average Bonchev–Trinajstić information content (AvgIpc) is 2.57. The maximum absolute atomic E-state index is 11.0. The van der Waals surface area contributed by atoms with E-state index in [-0.39, 0.29) is 0 Å². The third-order valence-electron chi connectivity index (χ3n) is 2.30. The second-order valence-corrected chi connectivity index (χ2v) is 5.12. The number of rotatable bonds is 3. The van der Waals surface area contributed by atoms with Crippen LogP contribution in [0, 0.1) is 0 Å². The highest BCUT2D eigenvalue weighted by Gasteiger charge is 2.11. The van der Waals surface area contributed by atoms with Crippen molar-refractivity contribution in [3.63, 3.8) is 0 Å². The summed E-state index contributed by atoms with van der Waals surface area (Å²) < 4.78 is 0.867. The van der Waals surface area contributed by atoms with Gasteiger partial charge in [-0.1, -0.05) is 12.1 Å². The fourth-order valence-electron chi connectivity index (χ4n) is 1.67. The summed E-state index contributed by atoms with van der Waals surface area (Å²) in [6.45, 7) is 0.846. The van der Waals surface area contributed by atoms with Gasteiger partial charge in [0.05, 0.1) is 5.56 Å². The van der Waals surface area contributed by atoms with Gasteiger partial charge in [0.15, 0.2) is 0 Å². The van der Waals surface area contributed by atoms with Crippen molar-refractivity contribution in [3.8, 4) is 0 Å². The van der Waals surface area contributed by atoms with E-state index in [1.807, 2.05) is 20.2 Å². The summed E-state index contributed by atoms with van der Waals surface area (Å²) in [7, 11) is 4.00. The Kier molecular flexibility index (Phi) is 2.94. The highest BCUT2D eigenvalue weighted by Crippen LogP contribution is 2.29. The molecule has 0 radical (unpaired) electrons. The molecule has 84 valence electrons. The topological polar surface area (TPSA) is 40.5 Å². The lowest BCUT2D eigenvalue weighted by molar-refractivity contribution is 0.0699. The smallest absolute Gasteiger partial charge is 0.337 e. The Balaban J connectivity index is 2.52. The molecule has 0 spiro atoms. The summed E-state index contributed by atoms with van der Waals surface area (Å²) in [5.41, 5.74) is 0.396. The molecule has 1 heterocycles. The monoisotopic (exact) mass is 235 g/mol. The Morgan fingerprint density at radius 2 is 2.19 bits per heavy atom. The SMILES string of the molecule is CN(C)Cc1cc2cccc(C(=O)O)c2s1. The first kappa shape index (κ1) is 11.1. The molecule has 1 N–H and O–H groups in total. The van der Waals surface area contributed by atoms with Crippen LogP contribution in [0.25, 0.3) is 10.1 Å². The highest BCUT2D eigenvalue weighted by molar-refractivity contribution is 7.19.